The van der Waals surface area contributed by atoms with E-state index in [4.69, 9.17) is 5.73 Å². The third kappa shape index (κ3) is 3.17. The van der Waals surface area contributed by atoms with Crippen molar-refractivity contribution >= 4 is 29.4 Å². The van der Waals surface area contributed by atoms with E-state index in [1.807, 2.05) is 18.2 Å². The van der Waals surface area contributed by atoms with E-state index in [-0.39, 0.29) is 30.0 Å². The fourth-order valence-electron chi connectivity index (χ4n) is 4.51. The predicted octanol–water partition coefficient (Wildman–Crippen LogP) is 0.893. The summed E-state index contributed by atoms with van der Waals surface area (Å²) in [7, 11) is 0. The van der Waals surface area contributed by atoms with Gasteiger partial charge in [0.2, 0.25) is 11.8 Å². The normalized spacial score (nSPS) is 23.0. The van der Waals surface area contributed by atoms with Crippen LogP contribution in [0.4, 0.5) is 5.82 Å². The number of nitrogens with one attached hydrogen (secondary N) is 1. The number of amides is 4. The predicted molar refractivity (Wildman–Crippen MR) is 110 cm³/mol. The molecule has 158 valence electrons. The van der Waals surface area contributed by atoms with Gasteiger partial charge in [0.1, 0.15) is 11.9 Å². The summed E-state index contributed by atoms with van der Waals surface area (Å²) < 4.78 is 0. The van der Waals surface area contributed by atoms with Crippen molar-refractivity contribution in [3.63, 3.8) is 0 Å². The molecular formula is C22H21N5O4. The van der Waals surface area contributed by atoms with Crippen LogP contribution >= 0.6 is 0 Å². The van der Waals surface area contributed by atoms with Crippen LogP contribution in [0.15, 0.2) is 36.5 Å². The fourth-order valence-corrected chi connectivity index (χ4v) is 4.51. The van der Waals surface area contributed by atoms with E-state index in [2.05, 4.69) is 15.2 Å². The van der Waals surface area contributed by atoms with Gasteiger partial charge in [0.25, 0.3) is 11.8 Å². The van der Waals surface area contributed by atoms with Crippen LogP contribution in [0, 0.1) is 0 Å². The Morgan fingerprint density at radius 1 is 1.06 bits per heavy atom. The van der Waals surface area contributed by atoms with Crippen molar-refractivity contribution in [3.8, 4) is 0 Å². The van der Waals surface area contributed by atoms with Crippen LogP contribution in [-0.2, 0) is 16.1 Å². The molecule has 5 rings (SSSR count). The molecule has 31 heavy (non-hydrogen) atoms. The number of hydrogen-bond acceptors (Lipinski definition) is 7. The molecule has 2 atom stereocenters. The molecule has 0 aliphatic carbocycles. The highest BCUT2D eigenvalue weighted by atomic mass is 16.2. The van der Waals surface area contributed by atoms with Gasteiger partial charge in [-0.05, 0) is 36.6 Å². The minimum Gasteiger partial charge on any atom is -0.352 e. The molecule has 0 bridgehead atoms. The molecule has 0 radical (unpaired) electrons. The standard InChI is InChI=1S/C22H21N5O4/c23-16-7-9-26(19-14(16)2-1-8-24-19)11-12-3-4-13-15(10-12)22(31)27(21(13)30)17-5-6-18(28)25-20(17)29/h1-4,8,10,16-17H,5-7,9,11,23H2,(H,25,28,29). The summed E-state index contributed by atoms with van der Waals surface area (Å²) in [6.07, 6.45) is 2.76. The number of pyridine rings is 1. The maximum atomic E-state index is 13.0. The van der Waals surface area contributed by atoms with E-state index in [0.717, 1.165) is 34.8 Å². The number of nitrogens with two attached hydrogens (primary N) is 1. The third-order valence-corrected chi connectivity index (χ3v) is 6.10. The van der Waals surface area contributed by atoms with E-state index >= 15 is 0 Å². The maximum Gasteiger partial charge on any atom is 0.262 e. The van der Waals surface area contributed by atoms with Crippen molar-refractivity contribution in [2.45, 2.75) is 37.9 Å². The van der Waals surface area contributed by atoms with E-state index in [1.54, 1.807) is 18.3 Å². The van der Waals surface area contributed by atoms with Crippen LogP contribution in [0.1, 0.15) is 57.1 Å². The Balaban J connectivity index is 1.41. The summed E-state index contributed by atoms with van der Waals surface area (Å²) in [5, 5.41) is 2.20. The van der Waals surface area contributed by atoms with Crippen molar-refractivity contribution in [3.05, 3.63) is 58.8 Å². The number of anilines is 1. The highest BCUT2D eigenvalue weighted by molar-refractivity contribution is 6.23. The SMILES string of the molecule is NC1CCN(Cc2ccc3c(c2)C(=O)N(C2CCC(=O)NC2=O)C3=O)c2ncccc21. The number of fused-ring (bicyclic) bond motifs is 2. The van der Waals surface area contributed by atoms with Crippen LogP contribution in [0.25, 0.3) is 0 Å². The lowest BCUT2D eigenvalue weighted by molar-refractivity contribution is -0.136. The molecule has 9 heteroatoms. The van der Waals surface area contributed by atoms with Crippen molar-refractivity contribution in [2.24, 2.45) is 5.73 Å². The lowest BCUT2D eigenvalue weighted by atomic mass is 9.99. The lowest BCUT2D eigenvalue weighted by Crippen LogP contribution is -2.54. The molecule has 1 aromatic carbocycles. The molecule has 1 fully saturated rings. The second-order valence-corrected chi connectivity index (χ2v) is 8.06. The zero-order chi connectivity index (χ0) is 21.7. The number of piperidine rings is 1. The zero-order valence-corrected chi connectivity index (χ0v) is 16.7. The Hall–Kier alpha value is -3.59. The Kier molecular flexibility index (Phi) is 4.55. The third-order valence-electron chi connectivity index (χ3n) is 6.10. The van der Waals surface area contributed by atoms with Gasteiger partial charge in [0.15, 0.2) is 0 Å². The second-order valence-electron chi connectivity index (χ2n) is 8.06. The maximum absolute atomic E-state index is 13.0. The van der Waals surface area contributed by atoms with E-state index in [1.165, 1.54) is 0 Å². The molecule has 1 saturated heterocycles. The molecular weight excluding hydrogens is 398 g/mol. The van der Waals surface area contributed by atoms with E-state index < -0.39 is 29.7 Å². The smallest absolute Gasteiger partial charge is 0.262 e. The molecule has 2 unspecified atom stereocenters. The highest BCUT2D eigenvalue weighted by Crippen LogP contribution is 2.33. The van der Waals surface area contributed by atoms with Gasteiger partial charge in [-0.25, -0.2) is 4.98 Å². The number of rotatable bonds is 3. The average molecular weight is 419 g/mol. The number of imide groups is 2. The van der Waals surface area contributed by atoms with Crippen molar-refractivity contribution in [1.82, 2.24) is 15.2 Å². The second kappa shape index (κ2) is 7.28. The summed E-state index contributed by atoms with van der Waals surface area (Å²) in [4.78, 5) is 57.1. The van der Waals surface area contributed by atoms with Crippen LogP contribution in [0.2, 0.25) is 0 Å². The Labute approximate surface area is 178 Å². The Morgan fingerprint density at radius 3 is 2.68 bits per heavy atom. The molecule has 4 heterocycles. The highest BCUT2D eigenvalue weighted by Gasteiger charge is 2.44. The first kappa shape index (κ1) is 19.4. The Bertz CT molecular complexity index is 1130. The van der Waals surface area contributed by atoms with Gasteiger partial charge in [0, 0.05) is 37.3 Å². The molecule has 4 amide bonds. The quantitative estimate of drug-likeness (QED) is 0.708. The largest absolute Gasteiger partial charge is 0.352 e. The summed E-state index contributed by atoms with van der Waals surface area (Å²) >= 11 is 0. The van der Waals surface area contributed by atoms with Crippen LogP contribution in [0.5, 0.6) is 0 Å². The molecule has 3 aliphatic heterocycles. The molecule has 3 aliphatic rings. The molecule has 2 aromatic rings. The molecule has 3 N–H and O–H groups in total. The first-order valence-electron chi connectivity index (χ1n) is 10.2. The van der Waals surface area contributed by atoms with E-state index in [9.17, 15) is 19.2 Å². The Morgan fingerprint density at radius 2 is 1.87 bits per heavy atom. The molecule has 9 nitrogen and oxygen atoms in total. The molecule has 1 aromatic heterocycles. The number of aromatic nitrogens is 1. The fraction of sp³-hybridized carbons (Fsp3) is 0.318. The first-order chi connectivity index (χ1) is 14.9. The van der Waals surface area contributed by atoms with Gasteiger partial charge in [-0.15, -0.1) is 0 Å². The van der Waals surface area contributed by atoms with Gasteiger partial charge < -0.3 is 10.6 Å². The number of carbonyl (C=O) groups is 4. The monoisotopic (exact) mass is 419 g/mol. The molecule has 0 saturated carbocycles. The van der Waals surface area contributed by atoms with Crippen LogP contribution < -0.4 is 16.0 Å². The average Bonchev–Trinajstić information content (AvgIpc) is 3.00. The van der Waals surface area contributed by atoms with Crippen molar-refractivity contribution in [1.29, 1.82) is 0 Å². The van der Waals surface area contributed by atoms with Gasteiger partial charge in [0.05, 0.1) is 11.1 Å². The van der Waals surface area contributed by atoms with E-state index in [0.29, 0.717) is 6.54 Å². The summed E-state index contributed by atoms with van der Waals surface area (Å²) in [5.41, 5.74) is 8.61. The zero-order valence-electron chi connectivity index (χ0n) is 16.7. The first-order valence-corrected chi connectivity index (χ1v) is 10.2. The topological polar surface area (TPSA) is 126 Å². The minimum atomic E-state index is -0.965. The van der Waals surface area contributed by atoms with Crippen molar-refractivity contribution < 1.29 is 19.2 Å². The van der Waals surface area contributed by atoms with Gasteiger partial charge in [-0.1, -0.05) is 12.1 Å². The summed E-state index contributed by atoms with van der Waals surface area (Å²) in [5.74, 6) is -1.18. The number of carbonyl (C=O) groups excluding carboxylic acids is 4. The number of nitrogens with zero attached hydrogens (tertiary/aromatic N) is 3. The number of benzene rings is 1. The number of hydrogen-bond donors (Lipinski definition) is 2. The lowest BCUT2D eigenvalue weighted by Gasteiger charge is -2.33. The summed E-state index contributed by atoms with van der Waals surface area (Å²) in [6, 6.07) is 7.97. The van der Waals surface area contributed by atoms with Gasteiger partial charge >= 0.3 is 0 Å². The minimum absolute atomic E-state index is 0.0544. The van der Waals surface area contributed by atoms with Gasteiger partial charge in [-0.2, -0.15) is 0 Å². The molecule has 0 spiro atoms. The van der Waals surface area contributed by atoms with Crippen molar-refractivity contribution in [2.75, 3.05) is 11.4 Å². The summed E-state index contributed by atoms with van der Waals surface area (Å²) in [6.45, 7) is 1.25. The van der Waals surface area contributed by atoms with Crippen LogP contribution in [-0.4, -0.2) is 46.1 Å². The van der Waals surface area contributed by atoms with Crippen LogP contribution in [0.3, 0.4) is 0 Å². The van der Waals surface area contributed by atoms with Gasteiger partial charge in [-0.3, -0.25) is 29.4 Å².